The van der Waals surface area contributed by atoms with Crippen molar-refractivity contribution in [1.82, 2.24) is 0 Å². The van der Waals surface area contributed by atoms with Crippen LogP contribution >= 0.6 is 15.9 Å². The molecule has 168 valence electrons. The number of nitrogens with zero attached hydrogens (tertiary/aromatic N) is 2. The van der Waals surface area contributed by atoms with Crippen LogP contribution < -0.4 is 10.2 Å². The Balaban J connectivity index is 1.66. The van der Waals surface area contributed by atoms with Gasteiger partial charge >= 0.3 is 6.18 Å². The van der Waals surface area contributed by atoms with Crippen LogP contribution in [0.2, 0.25) is 0 Å². The number of carbonyl (C=O) groups excluding carboxylic acids is 2. The second-order valence-corrected chi connectivity index (χ2v) is 8.18. The predicted molar refractivity (Wildman–Crippen MR) is 124 cm³/mol. The van der Waals surface area contributed by atoms with E-state index in [1.165, 1.54) is 23.1 Å². The summed E-state index contributed by atoms with van der Waals surface area (Å²) >= 11 is 3.43. The zero-order valence-corrected chi connectivity index (χ0v) is 18.7. The number of para-hydroxylation sites is 1. The van der Waals surface area contributed by atoms with E-state index in [0.717, 1.165) is 16.1 Å². The minimum atomic E-state index is -4.63. The van der Waals surface area contributed by atoms with Gasteiger partial charge in [-0.05, 0) is 30.3 Å². The van der Waals surface area contributed by atoms with Crippen LogP contribution in [0.4, 0.5) is 24.5 Å². The van der Waals surface area contributed by atoms with Crippen molar-refractivity contribution in [2.75, 3.05) is 23.3 Å². The topological polar surface area (TPSA) is 61.8 Å². The van der Waals surface area contributed by atoms with Crippen molar-refractivity contribution in [3.8, 4) is 0 Å². The molecule has 0 spiro atoms. The molecule has 0 fully saturated rings. The number of amides is 2. The molecule has 0 bridgehead atoms. The monoisotopic (exact) mass is 515 g/mol. The van der Waals surface area contributed by atoms with Crippen LogP contribution in [0.5, 0.6) is 0 Å². The maximum Gasteiger partial charge on any atom is 0.418 e. The molecule has 4 rings (SSSR count). The van der Waals surface area contributed by atoms with E-state index in [1.807, 2.05) is 30.3 Å². The second-order valence-electron chi connectivity index (χ2n) is 7.26. The van der Waals surface area contributed by atoms with Crippen molar-refractivity contribution in [3.63, 3.8) is 0 Å². The average molecular weight is 516 g/mol. The molecule has 0 aliphatic carbocycles. The highest BCUT2D eigenvalue weighted by molar-refractivity contribution is 9.10. The third kappa shape index (κ3) is 4.98. The molecule has 1 aliphatic rings. The molecule has 1 heterocycles. The van der Waals surface area contributed by atoms with Crippen molar-refractivity contribution >= 4 is 44.8 Å². The maximum absolute atomic E-state index is 13.3. The van der Waals surface area contributed by atoms with Gasteiger partial charge in [-0.15, -0.1) is 0 Å². The molecule has 3 aromatic carbocycles. The van der Waals surface area contributed by atoms with Gasteiger partial charge in [0.15, 0.2) is 0 Å². The third-order valence-electron chi connectivity index (χ3n) is 5.03. The van der Waals surface area contributed by atoms with Gasteiger partial charge < -0.3 is 10.2 Å². The average Bonchev–Trinajstić information content (AvgIpc) is 2.90. The van der Waals surface area contributed by atoms with Gasteiger partial charge in [0, 0.05) is 15.6 Å². The van der Waals surface area contributed by atoms with Crippen molar-refractivity contribution in [1.29, 1.82) is 0 Å². The van der Waals surface area contributed by atoms with E-state index in [4.69, 9.17) is 0 Å². The summed E-state index contributed by atoms with van der Waals surface area (Å²) in [4.78, 5) is 31.3. The van der Waals surface area contributed by atoms with Crippen molar-refractivity contribution in [2.45, 2.75) is 6.18 Å². The molecule has 0 aromatic heterocycles. The molecule has 1 aliphatic heterocycles. The summed E-state index contributed by atoms with van der Waals surface area (Å²) in [6.07, 6.45) is -4.63. The number of hydrogen-bond donors (Lipinski definition) is 1. The molecule has 33 heavy (non-hydrogen) atoms. The lowest BCUT2D eigenvalue weighted by Crippen LogP contribution is -2.39. The summed E-state index contributed by atoms with van der Waals surface area (Å²) in [5.74, 6) is -1.19. The standard InChI is InChI=1S/C24H17BrF3N3O2/c25-16-10-11-20-17(12-16)23(15-6-2-1-3-7-15)29-13-22(33)31(20)14-21(32)30-19-9-5-4-8-18(19)24(26,27)28/h1-12H,13-14H2,(H,30,32). The van der Waals surface area contributed by atoms with Crippen LogP contribution in [0.15, 0.2) is 82.3 Å². The minimum absolute atomic E-state index is 0.205. The first kappa shape index (κ1) is 22.7. The second kappa shape index (κ2) is 9.19. The summed E-state index contributed by atoms with van der Waals surface area (Å²) in [5, 5.41) is 2.29. The molecule has 9 heteroatoms. The highest BCUT2D eigenvalue weighted by atomic mass is 79.9. The number of aliphatic imine (C=N–C) groups is 1. The fourth-order valence-electron chi connectivity index (χ4n) is 3.57. The molecule has 2 amide bonds. The SMILES string of the molecule is O=C(CN1C(=O)CN=C(c2ccccc2)c2cc(Br)ccc21)Nc1ccccc1C(F)(F)F. The van der Waals surface area contributed by atoms with Crippen LogP contribution in [-0.2, 0) is 15.8 Å². The zero-order valence-electron chi connectivity index (χ0n) is 17.1. The number of fused-ring (bicyclic) bond motifs is 1. The quantitative estimate of drug-likeness (QED) is 0.513. The molecule has 0 saturated heterocycles. The minimum Gasteiger partial charge on any atom is -0.324 e. The third-order valence-corrected chi connectivity index (χ3v) is 5.53. The van der Waals surface area contributed by atoms with Gasteiger partial charge in [0.1, 0.15) is 13.1 Å². The van der Waals surface area contributed by atoms with Gasteiger partial charge in [0.25, 0.3) is 0 Å². The lowest BCUT2D eigenvalue weighted by atomic mass is 10.0. The van der Waals surface area contributed by atoms with E-state index >= 15 is 0 Å². The number of benzodiazepines with no additional fused rings is 1. The summed E-state index contributed by atoms with van der Waals surface area (Å²) in [5.41, 5.74) is 1.14. The largest absolute Gasteiger partial charge is 0.418 e. The molecule has 3 aromatic rings. The smallest absolute Gasteiger partial charge is 0.324 e. The van der Waals surface area contributed by atoms with E-state index in [1.54, 1.807) is 18.2 Å². The first-order valence-electron chi connectivity index (χ1n) is 9.90. The summed E-state index contributed by atoms with van der Waals surface area (Å²) in [7, 11) is 0. The number of carbonyl (C=O) groups is 2. The molecular weight excluding hydrogens is 499 g/mol. The van der Waals surface area contributed by atoms with E-state index < -0.39 is 30.1 Å². The first-order chi connectivity index (χ1) is 15.7. The molecule has 0 saturated carbocycles. The highest BCUT2D eigenvalue weighted by Gasteiger charge is 2.34. The lowest BCUT2D eigenvalue weighted by Gasteiger charge is -2.23. The maximum atomic E-state index is 13.3. The number of benzene rings is 3. The van der Waals surface area contributed by atoms with Gasteiger partial charge in [0.2, 0.25) is 11.8 Å². The number of rotatable bonds is 4. The summed E-state index contributed by atoms with van der Waals surface area (Å²) in [6.45, 7) is -0.666. The predicted octanol–water partition coefficient (Wildman–Crippen LogP) is 5.29. The molecule has 0 radical (unpaired) electrons. The summed E-state index contributed by atoms with van der Waals surface area (Å²) < 4.78 is 40.6. The van der Waals surface area contributed by atoms with E-state index in [9.17, 15) is 22.8 Å². The van der Waals surface area contributed by atoms with Crippen LogP contribution in [0, 0.1) is 0 Å². The molecule has 0 unspecified atom stereocenters. The Labute approximate surface area is 196 Å². The highest BCUT2D eigenvalue weighted by Crippen LogP contribution is 2.35. The Morgan fingerprint density at radius 3 is 2.45 bits per heavy atom. The number of hydrogen-bond acceptors (Lipinski definition) is 3. The Morgan fingerprint density at radius 1 is 1.03 bits per heavy atom. The molecular formula is C24H17BrF3N3O2. The van der Waals surface area contributed by atoms with Gasteiger partial charge in [0.05, 0.1) is 22.6 Å². The van der Waals surface area contributed by atoms with Crippen molar-refractivity contribution in [3.05, 3.63) is 94.0 Å². The van der Waals surface area contributed by atoms with Gasteiger partial charge in [-0.1, -0.05) is 58.4 Å². The zero-order chi connectivity index (χ0) is 23.6. The number of alkyl halides is 3. The lowest BCUT2D eigenvalue weighted by molar-refractivity contribution is -0.137. The van der Waals surface area contributed by atoms with Crippen LogP contribution in [0.25, 0.3) is 0 Å². The van der Waals surface area contributed by atoms with Gasteiger partial charge in [-0.3, -0.25) is 14.6 Å². The Morgan fingerprint density at radius 2 is 1.73 bits per heavy atom. The Hall–Kier alpha value is -3.46. The van der Waals surface area contributed by atoms with E-state index in [0.29, 0.717) is 17.0 Å². The molecule has 0 atom stereocenters. The van der Waals surface area contributed by atoms with Gasteiger partial charge in [-0.25, -0.2) is 0 Å². The first-order valence-corrected chi connectivity index (χ1v) is 10.7. The Bertz CT molecular complexity index is 1240. The van der Waals surface area contributed by atoms with Gasteiger partial charge in [-0.2, -0.15) is 13.2 Å². The fraction of sp³-hybridized carbons (Fsp3) is 0.125. The van der Waals surface area contributed by atoms with E-state index in [2.05, 4.69) is 26.2 Å². The van der Waals surface area contributed by atoms with Crippen molar-refractivity contribution in [2.24, 2.45) is 4.99 Å². The summed E-state index contributed by atoms with van der Waals surface area (Å²) in [6, 6.07) is 19.2. The normalized spacial score (nSPS) is 13.8. The van der Waals surface area contributed by atoms with Crippen molar-refractivity contribution < 1.29 is 22.8 Å². The fourth-order valence-corrected chi connectivity index (χ4v) is 3.93. The number of anilines is 2. The Kier molecular flexibility index (Phi) is 6.33. The van der Waals surface area contributed by atoms with Crippen LogP contribution in [0.3, 0.4) is 0 Å². The molecule has 1 N–H and O–H groups in total. The number of halogens is 4. The number of nitrogens with one attached hydrogen (secondary N) is 1. The van der Waals surface area contributed by atoms with Crippen LogP contribution in [-0.4, -0.2) is 30.6 Å². The van der Waals surface area contributed by atoms with E-state index in [-0.39, 0.29) is 12.2 Å². The van der Waals surface area contributed by atoms with Crippen LogP contribution in [0.1, 0.15) is 16.7 Å². The molecule has 5 nitrogen and oxygen atoms in total.